The summed E-state index contributed by atoms with van der Waals surface area (Å²) in [5.74, 6) is 0.441. The van der Waals surface area contributed by atoms with E-state index in [9.17, 15) is 0 Å². The van der Waals surface area contributed by atoms with Crippen molar-refractivity contribution in [3.63, 3.8) is 0 Å². The van der Waals surface area contributed by atoms with Crippen LogP contribution in [0, 0.1) is 5.92 Å². The molecular formula is C8H17NO. The Labute approximate surface area is 63.1 Å². The number of hydrogen-bond acceptors (Lipinski definition) is 2. The second kappa shape index (κ2) is 6.62. The zero-order chi connectivity index (χ0) is 7.82. The largest absolute Gasteiger partial charge is 0.405 e. The fourth-order valence-corrected chi connectivity index (χ4v) is 0.659. The molecule has 0 aliphatic rings. The molecule has 0 aromatic heterocycles. The molecule has 0 radical (unpaired) electrons. The molecule has 0 heterocycles. The third-order valence-corrected chi connectivity index (χ3v) is 1.17. The topological polar surface area (TPSA) is 35.2 Å². The highest BCUT2D eigenvalue weighted by Crippen LogP contribution is 1.96. The molecule has 1 unspecified atom stereocenters. The van der Waals surface area contributed by atoms with E-state index in [2.05, 4.69) is 13.8 Å². The lowest BCUT2D eigenvalue weighted by atomic mass is 10.2. The van der Waals surface area contributed by atoms with Crippen molar-refractivity contribution in [1.29, 1.82) is 0 Å². The monoisotopic (exact) mass is 143 g/mol. The smallest absolute Gasteiger partial charge is 0.0526 e. The molecule has 60 valence electrons. The molecule has 0 saturated carbocycles. The van der Waals surface area contributed by atoms with Crippen molar-refractivity contribution in [3.05, 3.63) is 12.3 Å². The molecule has 2 nitrogen and oxygen atoms in total. The Hall–Kier alpha value is -0.500. The molecule has 0 aliphatic heterocycles. The summed E-state index contributed by atoms with van der Waals surface area (Å²) >= 11 is 0. The molecule has 0 aromatic rings. The van der Waals surface area contributed by atoms with E-state index in [1.54, 1.807) is 6.20 Å². The lowest BCUT2D eigenvalue weighted by Gasteiger charge is -2.05. The summed E-state index contributed by atoms with van der Waals surface area (Å²) in [6.07, 6.45) is 4.59. The molecule has 0 spiro atoms. The van der Waals surface area contributed by atoms with Crippen LogP contribution in [-0.2, 0) is 4.74 Å². The standard InChI is InChI=1S/C8H17NO/c1-3-6-10-7-8(2)4-5-9/h4-5,8H,3,6-7,9H2,1-2H3/b5-4+. The van der Waals surface area contributed by atoms with Crippen LogP contribution in [-0.4, -0.2) is 13.2 Å². The summed E-state index contributed by atoms with van der Waals surface area (Å²) in [7, 11) is 0. The molecule has 1 atom stereocenters. The maximum Gasteiger partial charge on any atom is 0.0526 e. The van der Waals surface area contributed by atoms with Crippen LogP contribution in [0.5, 0.6) is 0 Å². The van der Waals surface area contributed by atoms with Gasteiger partial charge >= 0.3 is 0 Å². The van der Waals surface area contributed by atoms with E-state index in [0.29, 0.717) is 5.92 Å². The first-order chi connectivity index (χ1) is 4.81. The molecule has 0 bridgehead atoms. The van der Waals surface area contributed by atoms with Gasteiger partial charge < -0.3 is 10.5 Å². The Balaban J connectivity index is 3.13. The van der Waals surface area contributed by atoms with Crippen molar-refractivity contribution < 1.29 is 4.74 Å². The third kappa shape index (κ3) is 5.63. The highest BCUT2D eigenvalue weighted by Gasteiger charge is 1.94. The minimum atomic E-state index is 0.441. The normalized spacial score (nSPS) is 14.2. The Kier molecular flexibility index (Phi) is 6.29. The van der Waals surface area contributed by atoms with Gasteiger partial charge in [0, 0.05) is 6.61 Å². The molecule has 0 saturated heterocycles. The predicted octanol–water partition coefficient (Wildman–Crippen LogP) is 1.52. The Morgan fingerprint density at radius 3 is 2.80 bits per heavy atom. The third-order valence-electron chi connectivity index (χ3n) is 1.17. The second-order valence-corrected chi connectivity index (χ2v) is 2.44. The minimum absolute atomic E-state index is 0.441. The van der Waals surface area contributed by atoms with Gasteiger partial charge in [-0.2, -0.15) is 0 Å². The number of nitrogens with two attached hydrogens (primary N) is 1. The molecule has 0 aromatic carbocycles. The Bertz CT molecular complexity index is 91.3. The van der Waals surface area contributed by atoms with E-state index in [-0.39, 0.29) is 0 Å². The average molecular weight is 143 g/mol. The summed E-state index contributed by atoms with van der Waals surface area (Å²) in [6.45, 7) is 5.81. The molecule has 0 fully saturated rings. The summed E-state index contributed by atoms with van der Waals surface area (Å²) in [4.78, 5) is 0. The Morgan fingerprint density at radius 1 is 1.60 bits per heavy atom. The first kappa shape index (κ1) is 9.50. The van der Waals surface area contributed by atoms with Gasteiger partial charge in [-0.3, -0.25) is 0 Å². The van der Waals surface area contributed by atoms with Crippen LogP contribution in [0.25, 0.3) is 0 Å². The van der Waals surface area contributed by atoms with Crippen molar-refractivity contribution in [3.8, 4) is 0 Å². The highest BCUT2D eigenvalue weighted by atomic mass is 16.5. The molecule has 2 N–H and O–H groups in total. The van der Waals surface area contributed by atoms with E-state index in [4.69, 9.17) is 10.5 Å². The maximum absolute atomic E-state index is 5.29. The zero-order valence-electron chi connectivity index (χ0n) is 6.84. The Morgan fingerprint density at radius 2 is 2.30 bits per heavy atom. The van der Waals surface area contributed by atoms with Crippen LogP contribution in [0.3, 0.4) is 0 Å². The summed E-state index contributed by atoms with van der Waals surface area (Å²) < 4.78 is 5.29. The van der Waals surface area contributed by atoms with Gasteiger partial charge in [0.25, 0.3) is 0 Å². The van der Waals surface area contributed by atoms with Gasteiger partial charge in [-0.25, -0.2) is 0 Å². The summed E-state index contributed by atoms with van der Waals surface area (Å²) in [6, 6.07) is 0. The molecule has 0 rings (SSSR count). The molecule has 0 amide bonds. The van der Waals surface area contributed by atoms with Gasteiger partial charge in [0.2, 0.25) is 0 Å². The summed E-state index contributed by atoms with van der Waals surface area (Å²) in [5.41, 5.74) is 5.20. The van der Waals surface area contributed by atoms with E-state index >= 15 is 0 Å². The van der Waals surface area contributed by atoms with Gasteiger partial charge in [-0.05, 0) is 18.5 Å². The number of rotatable bonds is 5. The number of ether oxygens (including phenoxy) is 1. The molecular weight excluding hydrogens is 126 g/mol. The second-order valence-electron chi connectivity index (χ2n) is 2.44. The van der Waals surface area contributed by atoms with Gasteiger partial charge in [0.15, 0.2) is 0 Å². The first-order valence-corrected chi connectivity index (χ1v) is 3.77. The molecule has 2 heteroatoms. The first-order valence-electron chi connectivity index (χ1n) is 3.77. The molecule has 10 heavy (non-hydrogen) atoms. The molecule has 0 aliphatic carbocycles. The van der Waals surface area contributed by atoms with E-state index in [0.717, 1.165) is 19.6 Å². The zero-order valence-corrected chi connectivity index (χ0v) is 6.84. The van der Waals surface area contributed by atoms with Gasteiger partial charge in [-0.15, -0.1) is 0 Å². The van der Waals surface area contributed by atoms with E-state index < -0.39 is 0 Å². The van der Waals surface area contributed by atoms with Gasteiger partial charge in [0.05, 0.1) is 6.61 Å². The minimum Gasteiger partial charge on any atom is -0.405 e. The van der Waals surface area contributed by atoms with Gasteiger partial charge in [0.1, 0.15) is 0 Å². The van der Waals surface area contributed by atoms with Crippen LogP contribution in [0.4, 0.5) is 0 Å². The quantitative estimate of drug-likeness (QED) is 0.592. The van der Waals surface area contributed by atoms with Crippen LogP contribution >= 0.6 is 0 Å². The van der Waals surface area contributed by atoms with Crippen molar-refractivity contribution in [1.82, 2.24) is 0 Å². The van der Waals surface area contributed by atoms with E-state index in [1.807, 2.05) is 6.08 Å². The van der Waals surface area contributed by atoms with Crippen molar-refractivity contribution in [2.75, 3.05) is 13.2 Å². The fraction of sp³-hybridized carbons (Fsp3) is 0.750. The van der Waals surface area contributed by atoms with Crippen molar-refractivity contribution in [2.45, 2.75) is 20.3 Å². The average Bonchev–Trinajstić information content (AvgIpc) is 1.89. The number of hydrogen-bond donors (Lipinski definition) is 1. The van der Waals surface area contributed by atoms with Crippen LogP contribution in [0.15, 0.2) is 12.3 Å². The van der Waals surface area contributed by atoms with Crippen LogP contribution < -0.4 is 5.73 Å². The maximum atomic E-state index is 5.29. The fourth-order valence-electron chi connectivity index (χ4n) is 0.659. The predicted molar refractivity (Wildman–Crippen MR) is 43.6 cm³/mol. The van der Waals surface area contributed by atoms with Crippen molar-refractivity contribution in [2.24, 2.45) is 11.7 Å². The lowest BCUT2D eigenvalue weighted by molar-refractivity contribution is 0.117. The lowest BCUT2D eigenvalue weighted by Crippen LogP contribution is -2.04. The van der Waals surface area contributed by atoms with Crippen molar-refractivity contribution >= 4 is 0 Å². The highest BCUT2D eigenvalue weighted by molar-refractivity contribution is 4.81. The van der Waals surface area contributed by atoms with Gasteiger partial charge in [-0.1, -0.05) is 19.9 Å². The SMILES string of the molecule is CCCOCC(C)/C=C/N. The van der Waals surface area contributed by atoms with Crippen LogP contribution in [0.2, 0.25) is 0 Å². The van der Waals surface area contributed by atoms with E-state index in [1.165, 1.54) is 0 Å². The summed E-state index contributed by atoms with van der Waals surface area (Å²) in [5, 5.41) is 0. The van der Waals surface area contributed by atoms with Crippen LogP contribution in [0.1, 0.15) is 20.3 Å².